The van der Waals surface area contributed by atoms with Crippen LogP contribution in [0, 0.1) is 0 Å². The number of likely N-dealkylation sites (N-methyl/N-ethyl adjacent to an activating group) is 1. The molecule has 0 bridgehead atoms. The van der Waals surface area contributed by atoms with Crippen LogP contribution in [0.15, 0.2) is 0 Å². The maximum absolute atomic E-state index is 11.1. The Hall–Kier alpha value is -1.26. The van der Waals surface area contributed by atoms with E-state index in [1.165, 1.54) is 39.2 Å². The fourth-order valence-electron chi connectivity index (χ4n) is 1.52. The molecule has 2 amide bonds. The summed E-state index contributed by atoms with van der Waals surface area (Å²) in [5, 5.41) is 4.79. The molecule has 0 atom stereocenters. The molecule has 106 valence electrons. The molecule has 0 unspecified atom stereocenters. The van der Waals surface area contributed by atoms with Crippen LogP contribution in [0.5, 0.6) is 0 Å². The molecule has 0 heterocycles. The van der Waals surface area contributed by atoms with Crippen LogP contribution in [-0.2, 0) is 9.53 Å². The minimum atomic E-state index is -0.524. The van der Waals surface area contributed by atoms with Crippen LogP contribution in [-0.4, -0.2) is 32.2 Å². The van der Waals surface area contributed by atoms with Crippen LogP contribution in [0.1, 0.15) is 51.9 Å². The van der Waals surface area contributed by atoms with Crippen molar-refractivity contribution >= 4 is 12.0 Å². The molecule has 18 heavy (non-hydrogen) atoms. The molecule has 0 fully saturated rings. The van der Waals surface area contributed by atoms with Gasteiger partial charge in [0.25, 0.3) is 0 Å². The number of nitrogens with one attached hydrogen (secondary N) is 2. The molecule has 2 N–H and O–H groups in total. The number of carbonyl (C=O) groups excluding carboxylic acids is 2. The summed E-state index contributed by atoms with van der Waals surface area (Å²) in [5.41, 5.74) is 0. The van der Waals surface area contributed by atoms with Crippen LogP contribution in [0.25, 0.3) is 0 Å². The molecule has 0 aliphatic carbocycles. The van der Waals surface area contributed by atoms with Crippen molar-refractivity contribution in [1.82, 2.24) is 10.6 Å². The Kier molecular flexibility index (Phi) is 11.3. The second-order valence-corrected chi connectivity index (χ2v) is 4.28. The lowest BCUT2D eigenvalue weighted by atomic mass is 10.1. The first-order valence-corrected chi connectivity index (χ1v) is 6.82. The van der Waals surface area contributed by atoms with E-state index < -0.39 is 6.09 Å². The van der Waals surface area contributed by atoms with Gasteiger partial charge in [0.1, 0.15) is 0 Å². The van der Waals surface area contributed by atoms with Gasteiger partial charge in [0, 0.05) is 7.05 Å². The molecular weight excluding hydrogens is 232 g/mol. The minimum absolute atomic E-state index is 0.0354. The summed E-state index contributed by atoms with van der Waals surface area (Å²) in [4.78, 5) is 22.0. The Morgan fingerprint density at radius 2 is 1.61 bits per heavy atom. The van der Waals surface area contributed by atoms with E-state index in [4.69, 9.17) is 4.74 Å². The summed E-state index contributed by atoms with van der Waals surface area (Å²) in [6.45, 7) is 2.59. The first-order valence-electron chi connectivity index (χ1n) is 6.82. The van der Waals surface area contributed by atoms with Gasteiger partial charge in [-0.1, -0.05) is 45.4 Å². The Morgan fingerprint density at radius 3 is 2.22 bits per heavy atom. The summed E-state index contributed by atoms with van der Waals surface area (Å²) < 4.78 is 4.93. The summed E-state index contributed by atoms with van der Waals surface area (Å²) in [5.74, 6) is -0.233. The quantitative estimate of drug-likeness (QED) is 0.590. The Morgan fingerprint density at radius 1 is 1.00 bits per heavy atom. The van der Waals surface area contributed by atoms with Crippen molar-refractivity contribution in [1.29, 1.82) is 0 Å². The Labute approximate surface area is 110 Å². The third-order valence-corrected chi connectivity index (χ3v) is 2.65. The van der Waals surface area contributed by atoms with Crippen molar-refractivity contribution in [2.45, 2.75) is 51.9 Å². The van der Waals surface area contributed by atoms with Crippen molar-refractivity contribution in [3.63, 3.8) is 0 Å². The lowest BCUT2D eigenvalue weighted by Crippen LogP contribution is -2.35. The maximum atomic E-state index is 11.1. The highest BCUT2D eigenvalue weighted by Gasteiger charge is 2.03. The first kappa shape index (κ1) is 16.7. The van der Waals surface area contributed by atoms with Gasteiger partial charge in [-0.2, -0.15) is 0 Å². The fourth-order valence-corrected chi connectivity index (χ4v) is 1.52. The van der Waals surface area contributed by atoms with E-state index >= 15 is 0 Å². The minimum Gasteiger partial charge on any atom is -0.450 e. The van der Waals surface area contributed by atoms with Gasteiger partial charge < -0.3 is 15.4 Å². The number of hydrogen-bond donors (Lipinski definition) is 2. The molecule has 0 rings (SSSR count). The van der Waals surface area contributed by atoms with Crippen LogP contribution >= 0.6 is 0 Å². The fraction of sp³-hybridized carbons (Fsp3) is 0.846. The monoisotopic (exact) mass is 258 g/mol. The third kappa shape index (κ3) is 11.2. The lowest BCUT2D eigenvalue weighted by Gasteiger charge is -2.06. The second kappa shape index (κ2) is 12.2. The van der Waals surface area contributed by atoms with Crippen molar-refractivity contribution < 1.29 is 14.3 Å². The Bertz CT molecular complexity index is 232. The van der Waals surface area contributed by atoms with Gasteiger partial charge in [0.05, 0.1) is 13.2 Å². The van der Waals surface area contributed by atoms with Gasteiger partial charge in [-0.25, -0.2) is 4.79 Å². The van der Waals surface area contributed by atoms with Gasteiger partial charge in [-0.15, -0.1) is 0 Å². The zero-order valence-corrected chi connectivity index (χ0v) is 11.6. The summed E-state index contributed by atoms with van der Waals surface area (Å²) >= 11 is 0. The van der Waals surface area contributed by atoms with E-state index in [0.29, 0.717) is 6.61 Å². The SMILES string of the molecule is CCCCCCCCCOC(=O)NCC(=O)NC. The topological polar surface area (TPSA) is 67.4 Å². The van der Waals surface area contributed by atoms with Gasteiger partial charge in [0.15, 0.2) is 0 Å². The zero-order chi connectivity index (χ0) is 13.6. The van der Waals surface area contributed by atoms with E-state index in [0.717, 1.165) is 12.8 Å². The van der Waals surface area contributed by atoms with Crippen LogP contribution in [0.3, 0.4) is 0 Å². The molecule has 0 aromatic carbocycles. The highest BCUT2D eigenvalue weighted by atomic mass is 16.5. The third-order valence-electron chi connectivity index (χ3n) is 2.65. The Balaban J connectivity index is 3.22. The predicted molar refractivity (Wildman–Crippen MR) is 71.4 cm³/mol. The number of carbonyl (C=O) groups is 2. The highest BCUT2D eigenvalue weighted by molar-refractivity contribution is 5.81. The average molecular weight is 258 g/mol. The standard InChI is InChI=1S/C13H26N2O3/c1-3-4-5-6-7-8-9-10-18-13(17)15-11-12(16)14-2/h3-11H2,1-2H3,(H,14,16)(H,15,17). The van der Waals surface area contributed by atoms with E-state index in [1.807, 2.05) is 0 Å². The molecule has 0 aromatic rings. The van der Waals surface area contributed by atoms with Crippen LogP contribution < -0.4 is 10.6 Å². The van der Waals surface area contributed by atoms with Crippen molar-refractivity contribution in [2.24, 2.45) is 0 Å². The molecular formula is C13H26N2O3. The summed E-state index contributed by atoms with van der Waals surface area (Å²) in [6, 6.07) is 0. The van der Waals surface area contributed by atoms with Gasteiger partial charge in [-0.3, -0.25) is 4.79 Å². The normalized spacial score (nSPS) is 9.89. The number of alkyl carbamates (subject to hydrolysis) is 1. The van der Waals surface area contributed by atoms with Crippen molar-refractivity contribution in [3.05, 3.63) is 0 Å². The van der Waals surface area contributed by atoms with Crippen molar-refractivity contribution in [3.8, 4) is 0 Å². The largest absolute Gasteiger partial charge is 0.450 e. The van der Waals surface area contributed by atoms with Gasteiger partial charge in [-0.05, 0) is 6.42 Å². The molecule has 0 saturated heterocycles. The highest BCUT2D eigenvalue weighted by Crippen LogP contribution is 2.06. The van der Waals surface area contributed by atoms with Crippen LogP contribution in [0.2, 0.25) is 0 Å². The molecule has 0 spiro atoms. The number of ether oxygens (including phenoxy) is 1. The molecule has 0 aromatic heterocycles. The summed E-state index contributed by atoms with van der Waals surface area (Å²) in [6.07, 6.45) is 7.77. The van der Waals surface area contributed by atoms with E-state index in [2.05, 4.69) is 17.6 Å². The lowest BCUT2D eigenvalue weighted by molar-refractivity contribution is -0.119. The number of hydrogen-bond acceptors (Lipinski definition) is 3. The van der Waals surface area contributed by atoms with Gasteiger partial charge >= 0.3 is 6.09 Å². The maximum Gasteiger partial charge on any atom is 0.407 e. The number of amides is 2. The smallest absolute Gasteiger partial charge is 0.407 e. The molecule has 0 aliphatic rings. The number of unbranched alkanes of at least 4 members (excludes halogenated alkanes) is 6. The molecule has 0 radical (unpaired) electrons. The average Bonchev–Trinajstić information content (AvgIpc) is 2.39. The van der Waals surface area contributed by atoms with Crippen LogP contribution in [0.4, 0.5) is 4.79 Å². The number of rotatable bonds is 10. The summed E-state index contributed by atoms with van der Waals surface area (Å²) in [7, 11) is 1.52. The molecule has 5 heteroatoms. The molecule has 0 saturated carbocycles. The molecule has 5 nitrogen and oxygen atoms in total. The molecule has 0 aliphatic heterocycles. The van der Waals surface area contributed by atoms with Crippen molar-refractivity contribution in [2.75, 3.05) is 20.2 Å². The van der Waals surface area contributed by atoms with E-state index in [9.17, 15) is 9.59 Å². The predicted octanol–water partition coefficient (Wildman–Crippen LogP) is 2.21. The zero-order valence-electron chi connectivity index (χ0n) is 11.6. The van der Waals surface area contributed by atoms with E-state index in [1.54, 1.807) is 0 Å². The second-order valence-electron chi connectivity index (χ2n) is 4.28. The van der Waals surface area contributed by atoms with E-state index in [-0.39, 0.29) is 12.5 Å². The first-order chi connectivity index (χ1) is 8.70. The van der Waals surface area contributed by atoms with Gasteiger partial charge in [0.2, 0.25) is 5.91 Å².